The molecular weight excluding hydrogens is 763 g/mol. The average Bonchev–Trinajstić information content (AvgIpc) is 3.84. The Kier molecular flexibility index (Phi) is 7.72. The summed E-state index contributed by atoms with van der Waals surface area (Å²) < 4.78 is 4.68. The van der Waals surface area contributed by atoms with Crippen molar-refractivity contribution in [2.45, 2.75) is 24.5 Å². The smallest absolute Gasteiger partial charge is 0.238 e. The zero-order valence-electron chi connectivity index (χ0n) is 33.2. The quantitative estimate of drug-likeness (QED) is 0.174. The summed E-state index contributed by atoms with van der Waals surface area (Å²) in [5.41, 5.74) is 15.5. The lowest BCUT2D eigenvalue weighted by atomic mass is 9.84. The van der Waals surface area contributed by atoms with Gasteiger partial charge in [0.15, 0.2) is 11.6 Å². The SMILES string of the molecule is C1=CC2=C(CC1)SC1CC=Cc3c1c2cc1c3c2cc(-c3ccc4c(c3)c3ccccc3n4-c3ccccc3)ccc2n1-c1nc(-c2ccccc2)nc(-c2ccccc2)n1. The third-order valence-corrected chi connectivity index (χ3v) is 14.1. The van der Waals surface area contributed by atoms with Gasteiger partial charge in [-0.05, 0) is 106 Å². The molecule has 288 valence electrons. The van der Waals surface area contributed by atoms with Gasteiger partial charge in [0, 0.05) is 43.6 Å². The number of para-hydroxylation sites is 2. The Morgan fingerprint density at radius 1 is 0.508 bits per heavy atom. The van der Waals surface area contributed by atoms with Gasteiger partial charge in [0.1, 0.15) is 0 Å². The largest absolute Gasteiger partial charge is 0.309 e. The van der Waals surface area contributed by atoms with Crippen molar-refractivity contribution in [2.24, 2.45) is 0 Å². The van der Waals surface area contributed by atoms with E-state index < -0.39 is 0 Å². The summed E-state index contributed by atoms with van der Waals surface area (Å²) in [5, 5.41) is 5.31. The molecule has 61 heavy (non-hydrogen) atoms. The van der Waals surface area contributed by atoms with Gasteiger partial charge in [-0.3, -0.25) is 4.57 Å². The molecule has 0 bridgehead atoms. The van der Waals surface area contributed by atoms with Crippen LogP contribution in [0.2, 0.25) is 0 Å². The summed E-state index contributed by atoms with van der Waals surface area (Å²) in [6.45, 7) is 0. The van der Waals surface area contributed by atoms with Crippen LogP contribution in [0.3, 0.4) is 0 Å². The summed E-state index contributed by atoms with van der Waals surface area (Å²) in [5.74, 6) is 1.91. The Bertz CT molecular complexity index is 3460. The molecule has 13 rings (SSSR count). The highest BCUT2D eigenvalue weighted by molar-refractivity contribution is 8.03. The van der Waals surface area contributed by atoms with Crippen LogP contribution in [-0.2, 0) is 0 Å². The van der Waals surface area contributed by atoms with E-state index in [2.05, 4.69) is 167 Å². The highest BCUT2D eigenvalue weighted by Gasteiger charge is 2.33. The lowest BCUT2D eigenvalue weighted by molar-refractivity contribution is 0.932. The van der Waals surface area contributed by atoms with Gasteiger partial charge in [-0.25, -0.2) is 4.98 Å². The molecule has 1 unspecified atom stereocenters. The highest BCUT2D eigenvalue weighted by atomic mass is 32.2. The van der Waals surface area contributed by atoms with Crippen LogP contribution >= 0.6 is 11.8 Å². The van der Waals surface area contributed by atoms with Crippen molar-refractivity contribution in [2.75, 3.05) is 0 Å². The monoisotopic (exact) mass is 799 g/mol. The maximum Gasteiger partial charge on any atom is 0.238 e. The van der Waals surface area contributed by atoms with E-state index in [1.54, 1.807) is 0 Å². The van der Waals surface area contributed by atoms with Crippen LogP contribution < -0.4 is 0 Å². The normalized spacial score (nSPS) is 15.6. The zero-order valence-corrected chi connectivity index (χ0v) is 34.0. The first kappa shape index (κ1) is 34.6. The maximum absolute atomic E-state index is 5.31. The molecule has 1 aliphatic heterocycles. The second-order valence-corrected chi connectivity index (χ2v) is 17.5. The molecule has 0 spiro atoms. The first-order valence-electron chi connectivity index (χ1n) is 21.1. The van der Waals surface area contributed by atoms with Crippen LogP contribution in [0.4, 0.5) is 0 Å². The van der Waals surface area contributed by atoms with Gasteiger partial charge in [-0.2, -0.15) is 9.97 Å². The number of fused-ring (bicyclic) bond motifs is 8. The zero-order chi connectivity index (χ0) is 40.0. The van der Waals surface area contributed by atoms with Crippen LogP contribution in [0.5, 0.6) is 0 Å². The minimum Gasteiger partial charge on any atom is -0.309 e. The number of hydrogen-bond acceptors (Lipinski definition) is 4. The number of nitrogens with zero attached hydrogens (tertiary/aromatic N) is 5. The first-order valence-corrected chi connectivity index (χ1v) is 22.0. The van der Waals surface area contributed by atoms with Crippen molar-refractivity contribution in [1.82, 2.24) is 24.1 Å². The van der Waals surface area contributed by atoms with Crippen LogP contribution in [0.1, 0.15) is 41.2 Å². The van der Waals surface area contributed by atoms with Crippen LogP contribution in [-0.4, -0.2) is 24.1 Å². The van der Waals surface area contributed by atoms with Gasteiger partial charge in [-0.15, -0.1) is 11.8 Å². The highest BCUT2D eigenvalue weighted by Crippen LogP contribution is 2.56. The standard InChI is InChI=1S/C55H37N5S/c1-4-15-34(16-5-1)53-56-54(35-17-6-2-7-18-35)58-55(57-53)60-47-30-28-37(36-27-29-46-42(31-36)39-21-10-12-24-45(39)59(46)38-19-8-3-9-20-38)32-44(47)51-41-23-14-26-50-52(41)43(33-48(51)60)40-22-11-13-25-49(40)61-50/h1-12,14-24,27-33,50H,13,25-26H2. The minimum absolute atomic E-state index is 0.391. The summed E-state index contributed by atoms with van der Waals surface area (Å²) in [4.78, 5) is 17.2. The summed E-state index contributed by atoms with van der Waals surface area (Å²) in [6, 6.07) is 56.3. The van der Waals surface area contributed by atoms with Gasteiger partial charge in [0.25, 0.3) is 0 Å². The topological polar surface area (TPSA) is 48.5 Å². The molecule has 5 nitrogen and oxygen atoms in total. The second-order valence-electron chi connectivity index (χ2n) is 16.2. The molecular formula is C55H37N5S. The summed E-state index contributed by atoms with van der Waals surface area (Å²) in [6.07, 6.45) is 12.7. The van der Waals surface area contributed by atoms with Crippen LogP contribution in [0.25, 0.3) is 101 Å². The fourth-order valence-corrected chi connectivity index (χ4v) is 11.4. The Morgan fingerprint density at radius 2 is 1.15 bits per heavy atom. The Hall–Kier alpha value is -7.28. The van der Waals surface area contributed by atoms with Gasteiger partial charge in [0.05, 0.1) is 22.1 Å². The Morgan fingerprint density at radius 3 is 1.89 bits per heavy atom. The number of allylic oxidation sites excluding steroid dienone is 5. The van der Waals surface area contributed by atoms with Crippen molar-refractivity contribution in [3.05, 3.63) is 198 Å². The summed E-state index contributed by atoms with van der Waals surface area (Å²) >= 11 is 2.08. The molecule has 0 amide bonds. The molecule has 0 saturated carbocycles. The summed E-state index contributed by atoms with van der Waals surface area (Å²) in [7, 11) is 0. The first-order chi connectivity index (χ1) is 30.2. The molecule has 0 N–H and O–H groups in total. The average molecular weight is 800 g/mol. The van der Waals surface area contributed by atoms with Gasteiger partial charge in [-0.1, -0.05) is 133 Å². The van der Waals surface area contributed by atoms with Crippen molar-refractivity contribution >= 4 is 67.0 Å². The second kappa shape index (κ2) is 13.6. The van der Waals surface area contributed by atoms with Gasteiger partial charge in [0.2, 0.25) is 5.95 Å². The molecule has 4 heterocycles. The number of thioether (sulfide) groups is 1. The molecule has 2 aliphatic carbocycles. The van der Waals surface area contributed by atoms with Crippen molar-refractivity contribution in [3.63, 3.8) is 0 Å². The van der Waals surface area contributed by atoms with E-state index in [4.69, 9.17) is 15.0 Å². The van der Waals surface area contributed by atoms with Gasteiger partial charge < -0.3 is 4.57 Å². The van der Waals surface area contributed by atoms with Crippen molar-refractivity contribution in [3.8, 4) is 45.5 Å². The van der Waals surface area contributed by atoms with E-state index >= 15 is 0 Å². The van der Waals surface area contributed by atoms with E-state index in [1.807, 2.05) is 36.4 Å². The van der Waals surface area contributed by atoms with Gasteiger partial charge >= 0.3 is 0 Å². The lowest BCUT2D eigenvalue weighted by Crippen LogP contribution is -2.12. The van der Waals surface area contributed by atoms with Crippen molar-refractivity contribution < 1.29 is 0 Å². The number of hydrogen-bond donors (Lipinski definition) is 0. The minimum atomic E-state index is 0.391. The molecule has 3 aromatic heterocycles. The van der Waals surface area contributed by atoms with Crippen LogP contribution in [0.15, 0.2) is 181 Å². The fraction of sp³-hybridized carbons (Fsp3) is 0.0727. The molecule has 7 aromatic carbocycles. The molecule has 0 saturated heterocycles. The lowest BCUT2D eigenvalue weighted by Gasteiger charge is -2.33. The Labute approximate surface area is 357 Å². The van der Waals surface area contributed by atoms with Crippen molar-refractivity contribution in [1.29, 1.82) is 0 Å². The van der Waals surface area contributed by atoms with E-state index in [-0.39, 0.29) is 0 Å². The third kappa shape index (κ3) is 5.38. The molecule has 10 aromatic rings. The predicted octanol–water partition coefficient (Wildman–Crippen LogP) is 14.3. The molecule has 0 fully saturated rings. The number of benzene rings is 7. The van der Waals surface area contributed by atoms with E-state index in [0.717, 1.165) is 47.1 Å². The molecule has 1 atom stereocenters. The molecule has 3 aliphatic rings. The van der Waals surface area contributed by atoms with E-state index in [0.29, 0.717) is 22.8 Å². The molecule has 0 radical (unpaired) electrons. The third-order valence-electron chi connectivity index (χ3n) is 12.7. The van der Waals surface area contributed by atoms with E-state index in [9.17, 15) is 0 Å². The number of rotatable bonds is 5. The van der Waals surface area contributed by atoms with E-state index in [1.165, 1.54) is 70.9 Å². The maximum atomic E-state index is 5.31. The molecule has 6 heteroatoms. The van der Waals surface area contributed by atoms with Crippen LogP contribution in [0, 0.1) is 0 Å². The fourth-order valence-electron chi connectivity index (χ4n) is 9.98. The number of aromatic nitrogens is 5. The predicted molar refractivity (Wildman–Crippen MR) is 254 cm³/mol. The Balaban J connectivity index is 1.10.